The van der Waals surface area contributed by atoms with Gasteiger partial charge < -0.3 is 19.5 Å². The minimum Gasteiger partial charge on any atom is -0.376 e. The van der Waals surface area contributed by atoms with Gasteiger partial charge in [-0.2, -0.15) is 0 Å². The highest BCUT2D eigenvalue weighted by Gasteiger charge is 2.39. The lowest BCUT2D eigenvalue weighted by molar-refractivity contribution is -0.199. The fourth-order valence-electron chi connectivity index (χ4n) is 2.45. The summed E-state index contributed by atoms with van der Waals surface area (Å²) in [6.07, 6.45) is 0.865. The maximum Gasteiger partial charge on any atom is 0.225 e. The third-order valence-electron chi connectivity index (χ3n) is 3.90. The number of hydrogen-bond donors (Lipinski definition) is 1. The third kappa shape index (κ3) is 10.7. The molecule has 7 heteroatoms. The van der Waals surface area contributed by atoms with Gasteiger partial charge in [-0.25, -0.2) is 8.78 Å². The number of hydrogen-bond acceptors (Lipinski definition) is 4. The first kappa shape index (κ1) is 27.4. The van der Waals surface area contributed by atoms with E-state index in [0.29, 0.717) is 25.7 Å². The van der Waals surface area contributed by atoms with E-state index in [2.05, 4.69) is 19.2 Å². The van der Waals surface area contributed by atoms with Gasteiger partial charge in [-0.15, -0.1) is 0 Å². The van der Waals surface area contributed by atoms with Gasteiger partial charge in [-0.3, -0.25) is 4.79 Å². The summed E-state index contributed by atoms with van der Waals surface area (Å²) in [4.78, 5) is 12.2. The molecule has 168 valence electrons. The average molecular weight is 418 g/mol. The molecular formula is C22H37F2NO4. The average Bonchev–Trinajstić information content (AvgIpc) is 3.16. The van der Waals surface area contributed by atoms with E-state index in [1.807, 2.05) is 27.7 Å². The molecule has 29 heavy (non-hydrogen) atoms. The minimum absolute atomic E-state index is 0.0325. The smallest absolute Gasteiger partial charge is 0.225 e. The van der Waals surface area contributed by atoms with Crippen molar-refractivity contribution in [2.45, 2.75) is 66.7 Å². The predicted octanol–water partition coefficient (Wildman–Crippen LogP) is 4.83. The lowest BCUT2D eigenvalue weighted by Crippen LogP contribution is -2.41. The summed E-state index contributed by atoms with van der Waals surface area (Å²) in [6.45, 7) is 13.7. The van der Waals surface area contributed by atoms with Gasteiger partial charge in [0.1, 0.15) is 18.2 Å². The number of ether oxygens (including phenoxy) is 3. The van der Waals surface area contributed by atoms with Crippen molar-refractivity contribution in [3.63, 3.8) is 0 Å². The number of carbonyl (C=O) groups is 1. The number of carbonyl (C=O) groups excluding carboxylic acids is 1. The van der Waals surface area contributed by atoms with Crippen LogP contribution in [0.2, 0.25) is 0 Å². The van der Waals surface area contributed by atoms with Gasteiger partial charge in [0, 0.05) is 24.8 Å². The standard InChI is InChI=1S/C18H25F2NO4.2C2H6/c1-13(2)5-6-23-12-18(24-7-8-25-18)10-17(22)21-11-14-3-4-15(19)9-16(14)20;2*1-2/h3-4,9,13H,5-8,10-12H2,1-2H3,(H,21,22);2*1-2H3. The SMILES string of the molecule is CC.CC.CC(C)CCOCC1(CC(=O)NCc2ccc(F)cc2F)OCCO1. The molecule has 1 aromatic rings. The Balaban J connectivity index is 0.00000184. The first-order valence-electron chi connectivity index (χ1n) is 10.5. The molecule has 1 amide bonds. The summed E-state index contributed by atoms with van der Waals surface area (Å²) in [5.41, 5.74) is 0.213. The van der Waals surface area contributed by atoms with Crippen LogP contribution in [-0.2, 0) is 25.5 Å². The quantitative estimate of drug-likeness (QED) is 0.585. The van der Waals surface area contributed by atoms with E-state index in [1.165, 1.54) is 6.07 Å². The molecule has 0 atom stereocenters. The van der Waals surface area contributed by atoms with Crippen LogP contribution < -0.4 is 5.32 Å². The number of benzene rings is 1. The topological polar surface area (TPSA) is 56.8 Å². The Morgan fingerprint density at radius 3 is 2.34 bits per heavy atom. The normalized spacial score (nSPS) is 14.5. The summed E-state index contributed by atoms with van der Waals surface area (Å²) in [6, 6.07) is 3.24. The van der Waals surface area contributed by atoms with Crippen molar-refractivity contribution in [1.82, 2.24) is 5.32 Å². The Kier molecular flexibility index (Phi) is 14.5. The van der Waals surface area contributed by atoms with Gasteiger partial charge >= 0.3 is 0 Å². The number of amides is 1. The second-order valence-corrected chi connectivity index (χ2v) is 6.53. The zero-order valence-corrected chi connectivity index (χ0v) is 18.6. The molecule has 1 saturated heterocycles. The van der Waals surface area contributed by atoms with Crippen LogP contribution in [0.4, 0.5) is 8.78 Å². The summed E-state index contributed by atoms with van der Waals surface area (Å²) >= 11 is 0. The van der Waals surface area contributed by atoms with Crippen LogP contribution >= 0.6 is 0 Å². The van der Waals surface area contributed by atoms with Crippen LogP contribution in [0.3, 0.4) is 0 Å². The van der Waals surface area contributed by atoms with E-state index in [-0.39, 0.29) is 31.0 Å². The van der Waals surface area contributed by atoms with E-state index < -0.39 is 17.4 Å². The Labute approximate surface area is 174 Å². The summed E-state index contributed by atoms with van der Waals surface area (Å²) in [7, 11) is 0. The fraction of sp³-hybridized carbons (Fsp3) is 0.682. The van der Waals surface area contributed by atoms with Crippen molar-refractivity contribution < 1.29 is 27.8 Å². The lowest BCUT2D eigenvalue weighted by atomic mass is 10.1. The molecule has 0 unspecified atom stereocenters. The highest BCUT2D eigenvalue weighted by molar-refractivity contribution is 5.76. The maximum atomic E-state index is 13.6. The lowest BCUT2D eigenvalue weighted by Gasteiger charge is -2.26. The van der Waals surface area contributed by atoms with E-state index in [0.717, 1.165) is 18.6 Å². The van der Waals surface area contributed by atoms with Gasteiger partial charge in [0.25, 0.3) is 0 Å². The fourth-order valence-corrected chi connectivity index (χ4v) is 2.45. The van der Waals surface area contributed by atoms with Gasteiger partial charge in [-0.1, -0.05) is 47.6 Å². The Hall–Kier alpha value is -1.57. The molecule has 1 aromatic carbocycles. The summed E-state index contributed by atoms with van der Waals surface area (Å²) in [5, 5.41) is 2.60. The van der Waals surface area contributed by atoms with Gasteiger partial charge in [0.2, 0.25) is 11.7 Å². The zero-order chi connectivity index (χ0) is 22.3. The van der Waals surface area contributed by atoms with Gasteiger partial charge in [-0.05, 0) is 18.4 Å². The third-order valence-corrected chi connectivity index (χ3v) is 3.90. The van der Waals surface area contributed by atoms with E-state index >= 15 is 0 Å². The molecule has 1 heterocycles. The van der Waals surface area contributed by atoms with Crippen LogP contribution in [0.25, 0.3) is 0 Å². The second-order valence-electron chi connectivity index (χ2n) is 6.53. The molecule has 2 rings (SSSR count). The van der Waals surface area contributed by atoms with E-state index in [4.69, 9.17) is 14.2 Å². The highest BCUT2D eigenvalue weighted by atomic mass is 19.1. The molecular weight excluding hydrogens is 380 g/mol. The van der Waals surface area contributed by atoms with Crippen molar-refractivity contribution in [3.05, 3.63) is 35.4 Å². The first-order chi connectivity index (χ1) is 13.9. The Morgan fingerprint density at radius 2 is 1.79 bits per heavy atom. The van der Waals surface area contributed by atoms with Crippen molar-refractivity contribution >= 4 is 5.91 Å². The minimum atomic E-state index is -1.09. The number of nitrogens with one attached hydrogen (secondary N) is 1. The van der Waals surface area contributed by atoms with Crippen LogP contribution in [-0.4, -0.2) is 38.1 Å². The molecule has 1 N–H and O–H groups in total. The molecule has 1 fully saturated rings. The maximum absolute atomic E-state index is 13.6. The molecule has 0 aliphatic carbocycles. The Bertz CT molecular complexity index is 576. The van der Waals surface area contributed by atoms with Crippen molar-refractivity contribution in [2.24, 2.45) is 5.92 Å². The molecule has 0 saturated carbocycles. The number of halogens is 2. The van der Waals surface area contributed by atoms with Gasteiger partial charge in [0.15, 0.2) is 0 Å². The van der Waals surface area contributed by atoms with Crippen molar-refractivity contribution in [3.8, 4) is 0 Å². The van der Waals surface area contributed by atoms with Crippen molar-refractivity contribution in [2.75, 3.05) is 26.4 Å². The largest absolute Gasteiger partial charge is 0.376 e. The first-order valence-corrected chi connectivity index (χ1v) is 10.5. The highest BCUT2D eigenvalue weighted by Crippen LogP contribution is 2.24. The van der Waals surface area contributed by atoms with Crippen LogP contribution in [0.15, 0.2) is 18.2 Å². The molecule has 0 spiro atoms. The van der Waals surface area contributed by atoms with Crippen LogP contribution in [0, 0.1) is 17.6 Å². The molecule has 5 nitrogen and oxygen atoms in total. The van der Waals surface area contributed by atoms with Crippen molar-refractivity contribution in [1.29, 1.82) is 0 Å². The second kappa shape index (κ2) is 15.3. The zero-order valence-electron chi connectivity index (χ0n) is 18.6. The molecule has 1 aliphatic heterocycles. The summed E-state index contributed by atoms with van der Waals surface area (Å²) in [5.74, 6) is -2.27. The van der Waals surface area contributed by atoms with E-state index in [9.17, 15) is 13.6 Å². The molecule has 0 radical (unpaired) electrons. The molecule has 0 bridgehead atoms. The molecule has 1 aliphatic rings. The van der Waals surface area contributed by atoms with Gasteiger partial charge in [0.05, 0.1) is 19.6 Å². The Morgan fingerprint density at radius 1 is 1.17 bits per heavy atom. The molecule has 0 aromatic heterocycles. The summed E-state index contributed by atoms with van der Waals surface area (Å²) < 4.78 is 43.2. The monoisotopic (exact) mass is 417 g/mol. The predicted molar refractivity (Wildman–Crippen MR) is 110 cm³/mol. The van der Waals surface area contributed by atoms with Crippen LogP contribution in [0.1, 0.15) is 59.9 Å². The van der Waals surface area contributed by atoms with Crippen LogP contribution in [0.5, 0.6) is 0 Å². The van der Waals surface area contributed by atoms with E-state index in [1.54, 1.807) is 0 Å². The number of rotatable bonds is 9.